The number of rotatable bonds is 2. The Morgan fingerprint density at radius 3 is 2.77 bits per heavy atom. The van der Waals surface area contributed by atoms with Gasteiger partial charge in [0.15, 0.2) is 0 Å². The standard InChI is InChI=1S/C21H20ClFN2O/c1-13-7-8-18-15(11-13)20(2,3)21(24-19(26)12-25(18)21)10-9-14-16(22)5-4-6-17(14)23/h4-11H,12H2,1-3H3,(H,24,26)/b10-9+/t21-/m0/s1. The van der Waals surface area contributed by atoms with Crippen LogP contribution in [0.4, 0.5) is 10.1 Å². The third-order valence-corrected chi connectivity index (χ3v) is 5.95. The van der Waals surface area contributed by atoms with Crippen molar-refractivity contribution in [2.24, 2.45) is 0 Å². The summed E-state index contributed by atoms with van der Waals surface area (Å²) in [5.41, 5.74) is 2.54. The zero-order chi connectivity index (χ0) is 18.7. The number of carbonyl (C=O) groups excluding carboxylic acids is 1. The molecule has 0 aromatic heterocycles. The van der Waals surface area contributed by atoms with Crippen LogP contribution in [0.3, 0.4) is 0 Å². The van der Waals surface area contributed by atoms with Gasteiger partial charge in [-0.1, -0.05) is 55.3 Å². The number of hydrogen-bond acceptors (Lipinski definition) is 2. The quantitative estimate of drug-likeness (QED) is 0.848. The monoisotopic (exact) mass is 370 g/mol. The molecule has 0 bridgehead atoms. The summed E-state index contributed by atoms with van der Waals surface area (Å²) in [7, 11) is 0. The van der Waals surface area contributed by atoms with Gasteiger partial charge in [-0.3, -0.25) is 4.79 Å². The molecule has 0 aliphatic carbocycles. The number of benzene rings is 2. The lowest BCUT2D eigenvalue weighted by Gasteiger charge is -2.40. The molecule has 1 N–H and O–H groups in total. The molecule has 0 radical (unpaired) electrons. The maximum atomic E-state index is 14.2. The van der Waals surface area contributed by atoms with Crippen LogP contribution >= 0.6 is 11.6 Å². The average molecular weight is 371 g/mol. The molecule has 2 aromatic carbocycles. The van der Waals surface area contributed by atoms with Gasteiger partial charge in [-0.2, -0.15) is 0 Å². The number of nitrogens with one attached hydrogen (secondary N) is 1. The summed E-state index contributed by atoms with van der Waals surface area (Å²) in [6, 6.07) is 10.9. The highest BCUT2D eigenvalue weighted by Crippen LogP contribution is 2.53. The highest BCUT2D eigenvalue weighted by atomic mass is 35.5. The first-order chi connectivity index (χ1) is 12.3. The molecule has 134 valence electrons. The van der Waals surface area contributed by atoms with Crippen molar-refractivity contribution in [2.75, 3.05) is 11.4 Å². The van der Waals surface area contributed by atoms with E-state index < -0.39 is 11.1 Å². The van der Waals surface area contributed by atoms with Crippen LogP contribution in [-0.2, 0) is 10.2 Å². The van der Waals surface area contributed by atoms with Gasteiger partial charge in [0.05, 0.1) is 11.6 Å². The Morgan fingerprint density at radius 1 is 1.27 bits per heavy atom. The molecule has 1 atom stereocenters. The topological polar surface area (TPSA) is 32.3 Å². The molecular weight excluding hydrogens is 351 g/mol. The number of aryl methyl sites for hydroxylation is 1. The van der Waals surface area contributed by atoms with Crippen molar-refractivity contribution in [3.8, 4) is 0 Å². The number of fused-ring (bicyclic) bond motifs is 3. The molecule has 0 saturated carbocycles. The first-order valence-corrected chi connectivity index (χ1v) is 8.97. The highest BCUT2D eigenvalue weighted by molar-refractivity contribution is 6.32. The van der Waals surface area contributed by atoms with E-state index in [0.29, 0.717) is 10.6 Å². The maximum absolute atomic E-state index is 14.2. The molecule has 2 aliphatic rings. The zero-order valence-corrected chi connectivity index (χ0v) is 15.7. The van der Waals surface area contributed by atoms with E-state index in [-0.39, 0.29) is 18.3 Å². The molecule has 0 spiro atoms. The number of nitrogens with zero attached hydrogens (tertiary/aromatic N) is 1. The minimum atomic E-state index is -0.758. The Labute approximate surface area is 157 Å². The van der Waals surface area contributed by atoms with Crippen LogP contribution in [0.5, 0.6) is 0 Å². The van der Waals surface area contributed by atoms with Crippen LogP contribution in [0.15, 0.2) is 42.5 Å². The number of carbonyl (C=O) groups is 1. The van der Waals surface area contributed by atoms with Gasteiger partial charge < -0.3 is 10.2 Å². The van der Waals surface area contributed by atoms with Crippen molar-refractivity contribution >= 4 is 29.3 Å². The molecule has 3 nitrogen and oxygen atoms in total. The van der Waals surface area contributed by atoms with Crippen LogP contribution in [0, 0.1) is 12.7 Å². The molecule has 2 aliphatic heterocycles. The van der Waals surface area contributed by atoms with Gasteiger partial charge in [0.2, 0.25) is 5.91 Å². The summed E-state index contributed by atoms with van der Waals surface area (Å²) in [5, 5.41) is 3.47. The van der Waals surface area contributed by atoms with Crippen LogP contribution in [-0.4, -0.2) is 18.1 Å². The molecular formula is C21H20ClFN2O. The van der Waals surface area contributed by atoms with Gasteiger partial charge in [-0.15, -0.1) is 0 Å². The molecule has 0 unspecified atom stereocenters. The molecule has 2 heterocycles. The van der Waals surface area contributed by atoms with Crippen LogP contribution in [0.25, 0.3) is 6.08 Å². The molecule has 1 amide bonds. The van der Waals surface area contributed by atoms with Crippen molar-refractivity contribution in [1.82, 2.24) is 5.32 Å². The predicted octanol–water partition coefficient (Wildman–Crippen LogP) is 4.42. The summed E-state index contributed by atoms with van der Waals surface area (Å²) in [6.45, 7) is 6.53. The fraction of sp³-hybridized carbons (Fsp3) is 0.286. The Balaban J connectivity index is 1.88. The van der Waals surface area contributed by atoms with Crippen molar-refractivity contribution in [2.45, 2.75) is 31.8 Å². The molecule has 1 fully saturated rings. The van der Waals surface area contributed by atoms with E-state index in [4.69, 9.17) is 11.6 Å². The normalized spacial score (nSPS) is 23.3. The molecule has 5 heteroatoms. The summed E-state index contributed by atoms with van der Waals surface area (Å²) in [5.74, 6) is -0.432. The Hall–Kier alpha value is -2.33. The largest absolute Gasteiger partial charge is 0.335 e. The minimum absolute atomic E-state index is 0.0476. The predicted molar refractivity (Wildman–Crippen MR) is 103 cm³/mol. The van der Waals surface area contributed by atoms with E-state index in [1.165, 1.54) is 17.2 Å². The summed E-state index contributed by atoms with van der Waals surface area (Å²) in [6.07, 6.45) is 3.55. The van der Waals surface area contributed by atoms with E-state index in [2.05, 4.69) is 43.1 Å². The van der Waals surface area contributed by atoms with Gasteiger partial charge in [0, 0.05) is 16.7 Å². The first-order valence-electron chi connectivity index (χ1n) is 8.59. The molecule has 1 saturated heterocycles. The second kappa shape index (κ2) is 5.58. The third kappa shape index (κ3) is 2.21. The van der Waals surface area contributed by atoms with E-state index in [0.717, 1.165) is 5.69 Å². The number of halogens is 2. The maximum Gasteiger partial charge on any atom is 0.241 e. The average Bonchev–Trinajstić information content (AvgIpc) is 2.99. The van der Waals surface area contributed by atoms with Crippen LogP contribution in [0.1, 0.15) is 30.5 Å². The first kappa shape index (κ1) is 17.1. The van der Waals surface area contributed by atoms with Crippen LogP contribution < -0.4 is 10.2 Å². The van der Waals surface area contributed by atoms with Crippen molar-refractivity contribution in [3.05, 3.63) is 70.0 Å². The van der Waals surface area contributed by atoms with E-state index in [1.807, 2.05) is 12.1 Å². The minimum Gasteiger partial charge on any atom is -0.335 e. The van der Waals surface area contributed by atoms with Gasteiger partial charge in [0.25, 0.3) is 0 Å². The lowest BCUT2D eigenvalue weighted by molar-refractivity contribution is -0.118. The van der Waals surface area contributed by atoms with Gasteiger partial charge in [-0.25, -0.2) is 4.39 Å². The fourth-order valence-corrected chi connectivity index (χ4v) is 4.39. The zero-order valence-electron chi connectivity index (χ0n) is 14.9. The lowest BCUT2D eigenvalue weighted by Crippen LogP contribution is -2.58. The highest BCUT2D eigenvalue weighted by Gasteiger charge is 2.59. The number of hydrogen-bond donors (Lipinski definition) is 1. The van der Waals surface area contributed by atoms with Crippen molar-refractivity contribution in [1.29, 1.82) is 0 Å². The van der Waals surface area contributed by atoms with Crippen molar-refractivity contribution in [3.63, 3.8) is 0 Å². The summed E-state index contributed by atoms with van der Waals surface area (Å²) in [4.78, 5) is 14.3. The second-order valence-corrected chi connectivity index (χ2v) is 7.92. The van der Waals surface area contributed by atoms with Gasteiger partial charge in [-0.05, 0) is 36.8 Å². The number of amides is 1. The SMILES string of the molecule is Cc1ccc2c(c1)C(C)(C)[C@@]1(/C=C/c3c(F)cccc3Cl)NC(=O)CN21. The third-order valence-electron chi connectivity index (χ3n) is 5.62. The molecule has 2 aromatic rings. The fourth-order valence-electron chi connectivity index (χ4n) is 4.16. The summed E-state index contributed by atoms with van der Waals surface area (Å²) < 4.78 is 14.2. The Morgan fingerprint density at radius 2 is 2.04 bits per heavy atom. The van der Waals surface area contributed by atoms with E-state index >= 15 is 0 Å². The van der Waals surface area contributed by atoms with Crippen LogP contribution in [0.2, 0.25) is 5.02 Å². The van der Waals surface area contributed by atoms with Crippen molar-refractivity contribution < 1.29 is 9.18 Å². The molecule has 26 heavy (non-hydrogen) atoms. The van der Waals surface area contributed by atoms with E-state index in [9.17, 15) is 9.18 Å². The van der Waals surface area contributed by atoms with Gasteiger partial charge in [0.1, 0.15) is 11.5 Å². The lowest BCUT2D eigenvalue weighted by atomic mass is 9.75. The molecule has 4 rings (SSSR count). The van der Waals surface area contributed by atoms with E-state index in [1.54, 1.807) is 18.2 Å². The second-order valence-electron chi connectivity index (χ2n) is 7.51. The Bertz CT molecular complexity index is 933. The summed E-state index contributed by atoms with van der Waals surface area (Å²) >= 11 is 6.17. The number of anilines is 1. The smallest absolute Gasteiger partial charge is 0.241 e. The Kier molecular flexibility index (Phi) is 3.67. The van der Waals surface area contributed by atoms with Gasteiger partial charge >= 0.3 is 0 Å².